The summed E-state index contributed by atoms with van der Waals surface area (Å²) in [5.41, 5.74) is 4.23. The summed E-state index contributed by atoms with van der Waals surface area (Å²) < 4.78 is 32.1. The highest BCUT2D eigenvalue weighted by Crippen LogP contribution is 2.25. The maximum Gasteiger partial charge on any atom is 0.224 e. The Morgan fingerprint density at radius 3 is 2.76 bits per heavy atom. The third-order valence-electron chi connectivity index (χ3n) is 5.13. The molecule has 2 aromatic carbocycles. The molecule has 0 radical (unpaired) electrons. The number of carbonyl (C=O) groups excluding carboxylic acids is 1. The van der Waals surface area contributed by atoms with Gasteiger partial charge in [-0.25, -0.2) is 8.42 Å². The number of fused-ring (bicyclic) bond motifs is 1. The molecule has 1 aliphatic heterocycles. The number of aryl methyl sites for hydroxylation is 1. The van der Waals surface area contributed by atoms with Gasteiger partial charge in [-0.05, 0) is 48.6 Å². The van der Waals surface area contributed by atoms with E-state index >= 15 is 0 Å². The second-order valence-corrected chi connectivity index (χ2v) is 9.49. The predicted octanol–water partition coefficient (Wildman–Crippen LogP) is 2.44. The first-order valence-electron chi connectivity index (χ1n) is 9.83. The molecule has 1 amide bonds. The normalized spacial score (nSPS) is 14.3. The van der Waals surface area contributed by atoms with Gasteiger partial charge >= 0.3 is 0 Å². The fraction of sp³-hybridized carbons (Fsp3) is 0.409. The quantitative estimate of drug-likeness (QED) is 0.671. The molecule has 2 aromatic rings. The van der Waals surface area contributed by atoms with Crippen LogP contribution in [-0.4, -0.2) is 44.6 Å². The number of nitrogens with zero attached hydrogens (tertiary/aromatic N) is 1. The number of hydrogen-bond donors (Lipinski definition) is 1. The average molecular weight is 417 g/mol. The minimum absolute atomic E-state index is 0.0310. The van der Waals surface area contributed by atoms with Crippen LogP contribution < -0.4 is 10.1 Å². The third kappa shape index (κ3) is 5.81. The van der Waals surface area contributed by atoms with Crippen molar-refractivity contribution in [1.29, 1.82) is 0 Å². The fourth-order valence-electron chi connectivity index (χ4n) is 3.55. The lowest BCUT2D eigenvalue weighted by atomic mass is 10.0. The van der Waals surface area contributed by atoms with Crippen LogP contribution >= 0.6 is 0 Å². The van der Waals surface area contributed by atoms with Gasteiger partial charge in [-0.15, -0.1) is 0 Å². The SMILES string of the molecule is COc1ccc2c(c1)CCN(S(=O)(=O)CCCNC(=O)Cc1cccc(C)c1)C2. The van der Waals surface area contributed by atoms with E-state index in [0.717, 1.165) is 28.0 Å². The summed E-state index contributed by atoms with van der Waals surface area (Å²) in [5, 5.41) is 2.82. The van der Waals surface area contributed by atoms with Gasteiger partial charge in [0.15, 0.2) is 0 Å². The molecular weight excluding hydrogens is 388 g/mol. The fourth-order valence-corrected chi connectivity index (χ4v) is 5.02. The van der Waals surface area contributed by atoms with E-state index in [1.54, 1.807) is 7.11 Å². The summed E-state index contributed by atoms with van der Waals surface area (Å²) >= 11 is 0. The van der Waals surface area contributed by atoms with Gasteiger partial charge in [0.2, 0.25) is 15.9 Å². The highest BCUT2D eigenvalue weighted by molar-refractivity contribution is 7.89. The summed E-state index contributed by atoms with van der Waals surface area (Å²) in [4.78, 5) is 12.1. The zero-order valence-electron chi connectivity index (χ0n) is 17.0. The Hall–Kier alpha value is -2.38. The van der Waals surface area contributed by atoms with E-state index in [2.05, 4.69) is 5.32 Å². The van der Waals surface area contributed by atoms with Crippen molar-refractivity contribution in [2.24, 2.45) is 0 Å². The number of sulfonamides is 1. The first-order chi connectivity index (χ1) is 13.9. The van der Waals surface area contributed by atoms with E-state index in [1.165, 1.54) is 4.31 Å². The number of methoxy groups -OCH3 is 1. The smallest absolute Gasteiger partial charge is 0.224 e. The maximum absolute atomic E-state index is 12.7. The standard InChI is InChI=1S/C22H28N2O4S/c1-17-5-3-6-18(13-17)14-22(25)23-10-4-12-29(26,27)24-11-9-19-15-21(28-2)8-7-20(19)16-24/h3,5-8,13,15H,4,9-12,14,16H2,1-2H3,(H,23,25). The molecule has 6 nitrogen and oxygen atoms in total. The number of hydrogen-bond acceptors (Lipinski definition) is 4. The Morgan fingerprint density at radius 2 is 2.00 bits per heavy atom. The van der Waals surface area contributed by atoms with Crippen molar-refractivity contribution in [2.75, 3.05) is 26.0 Å². The largest absolute Gasteiger partial charge is 0.497 e. The van der Waals surface area contributed by atoms with Crippen molar-refractivity contribution in [1.82, 2.24) is 9.62 Å². The molecule has 0 bridgehead atoms. The molecule has 0 unspecified atom stereocenters. The molecule has 1 heterocycles. The van der Waals surface area contributed by atoms with Gasteiger partial charge in [-0.3, -0.25) is 4.79 Å². The van der Waals surface area contributed by atoms with Crippen LogP contribution in [0.5, 0.6) is 5.75 Å². The number of amides is 1. The number of carbonyl (C=O) groups is 1. The summed E-state index contributed by atoms with van der Waals surface area (Å²) in [6.45, 7) is 3.21. The first-order valence-corrected chi connectivity index (χ1v) is 11.4. The van der Waals surface area contributed by atoms with Crippen LogP contribution in [-0.2, 0) is 34.2 Å². The van der Waals surface area contributed by atoms with Gasteiger partial charge in [0.1, 0.15) is 5.75 Å². The van der Waals surface area contributed by atoms with Crippen molar-refractivity contribution in [2.45, 2.75) is 32.7 Å². The van der Waals surface area contributed by atoms with Gasteiger partial charge in [0.25, 0.3) is 0 Å². The minimum atomic E-state index is -3.35. The summed E-state index contributed by atoms with van der Waals surface area (Å²) in [7, 11) is -1.73. The summed E-state index contributed by atoms with van der Waals surface area (Å²) in [6.07, 6.45) is 1.38. The highest BCUT2D eigenvalue weighted by Gasteiger charge is 2.26. The highest BCUT2D eigenvalue weighted by atomic mass is 32.2. The monoisotopic (exact) mass is 416 g/mol. The van der Waals surface area contributed by atoms with Gasteiger partial charge in [0.05, 0.1) is 19.3 Å². The molecule has 0 aromatic heterocycles. The van der Waals surface area contributed by atoms with Gasteiger partial charge in [-0.1, -0.05) is 35.9 Å². The van der Waals surface area contributed by atoms with Crippen LogP contribution in [0.2, 0.25) is 0 Å². The predicted molar refractivity (Wildman–Crippen MR) is 113 cm³/mol. The van der Waals surface area contributed by atoms with Gasteiger partial charge in [0, 0.05) is 19.6 Å². The lowest BCUT2D eigenvalue weighted by Crippen LogP contribution is -2.38. The maximum atomic E-state index is 12.7. The molecule has 29 heavy (non-hydrogen) atoms. The molecular formula is C22H28N2O4S. The van der Waals surface area contributed by atoms with Gasteiger partial charge < -0.3 is 10.1 Å². The second-order valence-electron chi connectivity index (χ2n) is 7.40. The van der Waals surface area contributed by atoms with E-state index in [0.29, 0.717) is 38.9 Å². The van der Waals surface area contributed by atoms with E-state index in [1.807, 2.05) is 49.4 Å². The summed E-state index contributed by atoms with van der Waals surface area (Å²) in [6, 6.07) is 13.6. The van der Waals surface area contributed by atoms with Crippen LogP contribution in [0.15, 0.2) is 42.5 Å². The average Bonchev–Trinajstić information content (AvgIpc) is 2.70. The molecule has 0 atom stereocenters. The number of ether oxygens (including phenoxy) is 1. The van der Waals surface area contributed by atoms with Crippen LogP contribution in [0, 0.1) is 6.92 Å². The van der Waals surface area contributed by atoms with E-state index in [-0.39, 0.29) is 11.7 Å². The van der Waals surface area contributed by atoms with Crippen molar-refractivity contribution in [3.8, 4) is 5.75 Å². The molecule has 0 saturated carbocycles. The molecule has 0 fully saturated rings. The first kappa shape index (κ1) is 21.3. The van der Waals surface area contributed by atoms with Gasteiger partial charge in [-0.2, -0.15) is 4.31 Å². The van der Waals surface area contributed by atoms with E-state index in [9.17, 15) is 13.2 Å². The van der Waals surface area contributed by atoms with Crippen LogP contribution in [0.3, 0.4) is 0 Å². The summed E-state index contributed by atoms with van der Waals surface area (Å²) in [5.74, 6) is 0.735. The number of rotatable bonds is 8. The van der Waals surface area contributed by atoms with Crippen molar-refractivity contribution >= 4 is 15.9 Å². The Kier molecular flexibility index (Phi) is 6.92. The molecule has 1 aliphatic rings. The number of nitrogens with one attached hydrogen (secondary N) is 1. The van der Waals surface area contributed by atoms with E-state index in [4.69, 9.17) is 4.74 Å². The zero-order chi connectivity index (χ0) is 20.9. The Morgan fingerprint density at radius 1 is 1.17 bits per heavy atom. The van der Waals surface area contributed by atoms with Crippen LogP contribution in [0.25, 0.3) is 0 Å². The van der Waals surface area contributed by atoms with Crippen molar-refractivity contribution in [3.05, 3.63) is 64.7 Å². The lowest BCUT2D eigenvalue weighted by Gasteiger charge is -2.28. The van der Waals surface area contributed by atoms with Crippen molar-refractivity contribution in [3.63, 3.8) is 0 Å². The molecule has 156 valence electrons. The zero-order valence-corrected chi connectivity index (χ0v) is 17.8. The Bertz CT molecular complexity index is 973. The Labute approximate surface area is 172 Å². The topological polar surface area (TPSA) is 75.7 Å². The molecule has 0 spiro atoms. The van der Waals surface area contributed by atoms with Crippen LogP contribution in [0.1, 0.15) is 28.7 Å². The second kappa shape index (κ2) is 9.41. The molecule has 0 aliphatic carbocycles. The van der Waals surface area contributed by atoms with Crippen LogP contribution in [0.4, 0.5) is 0 Å². The van der Waals surface area contributed by atoms with E-state index < -0.39 is 10.0 Å². The molecule has 1 N–H and O–H groups in total. The number of benzene rings is 2. The minimum Gasteiger partial charge on any atom is -0.497 e. The molecule has 3 rings (SSSR count). The molecule has 0 saturated heterocycles. The lowest BCUT2D eigenvalue weighted by molar-refractivity contribution is -0.120. The third-order valence-corrected chi connectivity index (χ3v) is 7.04. The molecule has 7 heteroatoms. The van der Waals surface area contributed by atoms with Crippen molar-refractivity contribution < 1.29 is 17.9 Å². The Balaban J connectivity index is 1.45.